The Kier molecular flexibility index (Phi) is 3.45. The molecule has 3 aliphatic rings. The first-order valence-corrected chi connectivity index (χ1v) is 7.60. The van der Waals surface area contributed by atoms with Crippen molar-refractivity contribution in [3.63, 3.8) is 0 Å². The van der Waals surface area contributed by atoms with Crippen molar-refractivity contribution in [3.05, 3.63) is 0 Å². The van der Waals surface area contributed by atoms with Crippen LogP contribution in [-0.2, 0) is 4.74 Å². The maximum absolute atomic E-state index is 6.04. The van der Waals surface area contributed by atoms with Gasteiger partial charge < -0.3 is 10.1 Å². The maximum Gasteiger partial charge on any atom is 0.0623 e. The summed E-state index contributed by atoms with van der Waals surface area (Å²) < 4.78 is 6.04. The summed E-state index contributed by atoms with van der Waals surface area (Å²) in [5, 5.41) is 3.63. The fraction of sp³-hybridized carbons (Fsp3) is 1.00. The van der Waals surface area contributed by atoms with Crippen LogP contribution in [0.3, 0.4) is 0 Å². The average Bonchev–Trinajstić information content (AvgIpc) is 2.95. The van der Waals surface area contributed by atoms with E-state index in [1.807, 2.05) is 0 Å². The van der Waals surface area contributed by atoms with E-state index in [-0.39, 0.29) is 0 Å². The first-order chi connectivity index (χ1) is 8.28. The van der Waals surface area contributed by atoms with Crippen molar-refractivity contribution in [2.24, 2.45) is 17.8 Å². The molecule has 1 aliphatic carbocycles. The molecule has 3 fully saturated rings. The zero-order valence-corrected chi connectivity index (χ0v) is 11.3. The van der Waals surface area contributed by atoms with Gasteiger partial charge in [-0.05, 0) is 51.0 Å². The first kappa shape index (κ1) is 12.0. The molecule has 4 atom stereocenters. The largest absolute Gasteiger partial charge is 0.375 e. The van der Waals surface area contributed by atoms with Gasteiger partial charge in [0.1, 0.15) is 0 Å². The van der Waals surface area contributed by atoms with Crippen LogP contribution in [0.25, 0.3) is 0 Å². The zero-order chi connectivity index (χ0) is 11.8. The summed E-state index contributed by atoms with van der Waals surface area (Å²) in [6, 6.07) is 0.720. The lowest BCUT2D eigenvalue weighted by Gasteiger charge is -2.38. The van der Waals surface area contributed by atoms with Crippen LogP contribution in [0.2, 0.25) is 0 Å². The van der Waals surface area contributed by atoms with Crippen LogP contribution in [-0.4, -0.2) is 25.3 Å². The molecule has 0 aromatic rings. The molecule has 0 radical (unpaired) electrons. The van der Waals surface area contributed by atoms with Crippen molar-refractivity contribution < 1.29 is 4.74 Å². The highest BCUT2D eigenvalue weighted by Gasteiger charge is 2.46. The molecule has 17 heavy (non-hydrogen) atoms. The average molecular weight is 237 g/mol. The number of hydrogen-bond donors (Lipinski definition) is 1. The van der Waals surface area contributed by atoms with Crippen LogP contribution in [0.1, 0.15) is 51.9 Å². The second-order valence-corrected chi connectivity index (χ2v) is 6.61. The maximum atomic E-state index is 6.04. The van der Waals surface area contributed by atoms with Gasteiger partial charge >= 0.3 is 0 Å². The Morgan fingerprint density at radius 2 is 1.82 bits per heavy atom. The Labute approximate surface area is 105 Å². The van der Waals surface area contributed by atoms with Crippen molar-refractivity contribution in [1.82, 2.24) is 5.32 Å². The summed E-state index contributed by atoms with van der Waals surface area (Å²) in [6.07, 6.45) is 10.9. The molecule has 98 valence electrons. The van der Waals surface area contributed by atoms with Gasteiger partial charge in [-0.1, -0.05) is 19.8 Å². The van der Waals surface area contributed by atoms with Crippen molar-refractivity contribution >= 4 is 0 Å². The van der Waals surface area contributed by atoms with Gasteiger partial charge in [0.2, 0.25) is 0 Å². The summed E-state index contributed by atoms with van der Waals surface area (Å²) in [6.45, 7) is 2.41. The highest BCUT2D eigenvalue weighted by Crippen LogP contribution is 2.44. The number of ether oxygens (including phenoxy) is 1. The van der Waals surface area contributed by atoms with Gasteiger partial charge in [0.25, 0.3) is 0 Å². The summed E-state index contributed by atoms with van der Waals surface area (Å²) in [4.78, 5) is 0. The normalized spacial score (nSPS) is 47.3. The highest BCUT2D eigenvalue weighted by atomic mass is 16.5. The lowest BCUT2D eigenvalue weighted by molar-refractivity contribution is 0.0752. The van der Waals surface area contributed by atoms with E-state index in [9.17, 15) is 0 Å². The van der Waals surface area contributed by atoms with Crippen molar-refractivity contribution in [2.45, 2.75) is 70.1 Å². The third kappa shape index (κ3) is 2.26. The standard InChI is InChI=1S/C15H27NO/c1-10-3-5-11(6-4-10)15(16-2)13-9-12-7-8-14(13)17-12/h10-16H,3-9H2,1-2H3. The molecular weight excluding hydrogens is 210 g/mol. The van der Waals surface area contributed by atoms with Gasteiger partial charge in [0.05, 0.1) is 12.2 Å². The lowest BCUT2D eigenvalue weighted by Crippen LogP contribution is -2.45. The lowest BCUT2D eigenvalue weighted by atomic mass is 9.72. The SMILES string of the molecule is CNC(C1CCC(C)CC1)C1CC2CCC1O2. The van der Waals surface area contributed by atoms with Crippen LogP contribution in [0.5, 0.6) is 0 Å². The molecule has 4 unspecified atom stereocenters. The molecule has 2 heteroatoms. The predicted octanol–water partition coefficient (Wildman–Crippen LogP) is 2.97. The van der Waals surface area contributed by atoms with E-state index >= 15 is 0 Å². The van der Waals surface area contributed by atoms with Gasteiger partial charge in [0.15, 0.2) is 0 Å². The molecule has 3 rings (SSSR count). The molecule has 0 spiro atoms. The minimum absolute atomic E-state index is 0.580. The van der Waals surface area contributed by atoms with Gasteiger partial charge in [-0.25, -0.2) is 0 Å². The Bertz CT molecular complexity index is 260. The fourth-order valence-electron chi connectivity index (χ4n) is 4.50. The third-order valence-electron chi connectivity index (χ3n) is 5.52. The summed E-state index contributed by atoms with van der Waals surface area (Å²) in [7, 11) is 2.16. The van der Waals surface area contributed by atoms with E-state index in [0.717, 1.165) is 23.8 Å². The van der Waals surface area contributed by atoms with Gasteiger partial charge in [-0.3, -0.25) is 0 Å². The molecule has 1 saturated carbocycles. The Morgan fingerprint density at radius 3 is 2.35 bits per heavy atom. The molecule has 2 nitrogen and oxygen atoms in total. The Morgan fingerprint density at radius 1 is 1.06 bits per heavy atom. The van der Waals surface area contributed by atoms with E-state index in [2.05, 4.69) is 19.3 Å². The van der Waals surface area contributed by atoms with Gasteiger partial charge in [0, 0.05) is 12.0 Å². The molecule has 0 amide bonds. The minimum Gasteiger partial charge on any atom is -0.375 e. The number of rotatable bonds is 3. The number of fused-ring (bicyclic) bond motifs is 2. The monoisotopic (exact) mass is 237 g/mol. The molecule has 0 aromatic heterocycles. The quantitative estimate of drug-likeness (QED) is 0.815. The summed E-state index contributed by atoms with van der Waals surface area (Å²) in [5.74, 6) is 2.67. The number of hydrogen-bond acceptors (Lipinski definition) is 2. The third-order valence-corrected chi connectivity index (χ3v) is 5.52. The van der Waals surface area contributed by atoms with E-state index in [1.54, 1.807) is 0 Å². The van der Waals surface area contributed by atoms with Crippen LogP contribution in [0.4, 0.5) is 0 Å². The summed E-state index contributed by atoms with van der Waals surface area (Å²) in [5.41, 5.74) is 0. The summed E-state index contributed by atoms with van der Waals surface area (Å²) >= 11 is 0. The van der Waals surface area contributed by atoms with Crippen LogP contribution in [0.15, 0.2) is 0 Å². The molecular formula is C15H27NO. The van der Waals surface area contributed by atoms with Crippen molar-refractivity contribution in [3.8, 4) is 0 Å². The van der Waals surface area contributed by atoms with Crippen molar-refractivity contribution in [1.29, 1.82) is 0 Å². The van der Waals surface area contributed by atoms with Gasteiger partial charge in [-0.2, -0.15) is 0 Å². The van der Waals surface area contributed by atoms with E-state index in [1.165, 1.54) is 44.9 Å². The van der Waals surface area contributed by atoms with E-state index in [4.69, 9.17) is 4.74 Å². The topological polar surface area (TPSA) is 21.3 Å². The van der Waals surface area contributed by atoms with Crippen LogP contribution >= 0.6 is 0 Å². The van der Waals surface area contributed by atoms with E-state index in [0.29, 0.717) is 12.2 Å². The Hall–Kier alpha value is -0.0800. The highest BCUT2D eigenvalue weighted by molar-refractivity contribution is 4.97. The second kappa shape index (κ2) is 4.89. The van der Waals surface area contributed by atoms with Crippen LogP contribution < -0.4 is 5.32 Å². The van der Waals surface area contributed by atoms with E-state index < -0.39 is 0 Å². The number of nitrogens with one attached hydrogen (secondary N) is 1. The molecule has 0 aromatic carbocycles. The van der Waals surface area contributed by atoms with Crippen LogP contribution in [0, 0.1) is 17.8 Å². The Balaban J connectivity index is 1.63. The molecule has 1 N–H and O–H groups in total. The predicted molar refractivity (Wildman–Crippen MR) is 70.0 cm³/mol. The minimum atomic E-state index is 0.580. The van der Waals surface area contributed by atoms with Gasteiger partial charge in [-0.15, -0.1) is 0 Å². The first-order valence-electron chi connectivity index (χ1n) is 7.60. The second-order valence-electron chi connectivity index (χ2n) is 6.61. The fourth-order valence-corrected chi connectivity index (χ4v) is 4.50. The van der Waals surface area contributed by atoms with Crippen molar-refractivity contribution in [2.75, 3.05) is 7.05 Å². The molecule has 2 saturated heterocycles. The smallest absolute Gasteiger partial charge is 0.0623 e. The molecule has 2 heterocycles. The molecule has 2 bridgehead atoms. The molecule has 2 aliphatic heterocycles. The zero-order valence-electron chi connectivity index (χ0n) is 11.3.